The number of carbonyl (C=O) groups excluding carboxylic acids is 2. The summed E-state index contributed by atoms with van der Waals surface area (Å²) in [6.45, 7) is 9.40. The standard InChI is InChI=1S/C21H30N4O2/c1-7-23(5)19(27)12-18-21(24(6)14-26)22-20(15(2)3)25(18)13-17-10-8-16(4)9-11-17/h8-11,14-15H,7,12-13H2,1-6H3. The van der Waals surface area contributed by atoms with Crippen molar-refractivity contribution in [2.45, 2.75) is 46.6 Å². The van der Waals surface area contributed by atoms with E-state index in [1.54, 1.807) is 19.0 Å². The lowest BCUT2D eigenvalue weighted by molar-refractivity contribution is -0.129. The van der Waals surface area contributed by atoms with Crippen LogP contribution in [0.1, 0.15) is 49.3 Å². The minimum Gasteiger partial charge on any atom is -0.346 e. The molecular formula is C21H30N4O2. The first kappa shape index (κ1) is 20.7. The zero-order valence-corrected chi connectivity index (χ0v) is 17.2. The highest BCUT2D eigenvalue weighted by molar-refractivity contribution is 5.82. The van der Waals surface area contributed by atoms with Crippen molar-refractivity contribution in [3.63, 3.8) is 0 Å². The zero-order valence-electron chi connectivity index (χ0n) is 17.2. The lowest BCUT2D eigenvalue weighted by atomic mass is 10.1. The van der Waals surface area contributed by atoms with Gasteiger partial charge in [0.15, 0.2) is 5.82 Å². The van der Waals surface area contributed by atoms with Gasteiger partial charge in [0.05, 0.1) is 12.1 Å². The Bertz CT molecular complexity index is 793. The van der Waals surface area contributed by atoms with Crippen LogP contribution in [0.5, 0.6) is 0 Å². The van der Waals surface area contributed by atoms with Crippen LogP contribution in [-0.4, -0.2) is 47.4 Å². The molecule has 0 spiro atoms. The van der Waals surface area contributed by atoms with E-state index in [-0.39, 0.29) is 18.2 Å². The molecule has 2 aromatic rings. The first-order valence-electron chi connectivity index (χ1n) is 9.35. The van der Waals surface area contributed by atoms with Crippen molar-refractivity contribution in [1.29, 1.82) is 0 Å². The van der Waals surface area contributed by atoms with Gasteiger partial charge in [-0.2, -0.15) is 0 Å². The fourth-order valence-corrected chi connectivity index (χ4v) is 2.95. The highest BCUT2D eigenvalue weighted by Crippen LogP contribution is 2.27. The van der Waals surface area contributed by atoms with Gasteiger partial charge in [0.1, 0.15) is 5.82 Å². The molecule has 0 aliphatic rings. The molecule has 0 atom stereocenters. The Hall–Kier alpha value is -2.63. The monoisotopic (exact) mass is 370 g/mol. The van der Waals surface area contributed by atoms with Gasteiger partial charge in [0.25, 0.3) is 0 Å². The molecule has 0 N–H and O–H groups in total. The summed E-state index contributed by atoms with van der Waals surface area (Å²) in [5.41, 5.74) is 3.12. The largest absolute Gasteiger partial charge is 0.346 e. The SMILES string of the molecule is CCN(C)C(=O)Cc1c(N(C)C=O)nc(C(C)C)n1Cc1ccc(C)cc1. The molecular weight excluding hydrogens is 340 g/mol. The summed E-state index contributed by atoms with van der Waals surface area (Å²) in [5, 5.41) is 0. The second-order valence-corrected chi connectivity index (χ2v) is 7.27. The number of amides is 2. The minimum absolute atomic E-state index is 0.0124. The summed E-state index contributed by atoms with van der Waals surface area (Å²) in [6.07, 6.45) is 0.948. The average Bonchev–Trinajstić information content (AvgIpc) is 3.00. The van der Waals surface area contributed by atoms with Crippen LogP contribution in [0.25, 0.3) is 0 Å². The average molecular weight is 370 g/mol. The number of aromatic nitrogens is 2. The summed E-state index contributed by atoms with van der Waals surface area (Å²) in [5.74, 6) is 1.61. The number of hydrogen-bond donors (Lipinski definition) is 0. The molecule has 6 nitrogen and oxygen atoms in total. The van der Waals surface area contributed by atoms with Gasteiger partial charge < -0.3 is 14.4 Å². The predicted molar refractivity (Wildman–Crippen MR) is 108 cm³/mol. The smallest absolute Gasteiger partial charge is 0.228 e. The van der Waals surface area contributed by atoms with Crippen LogP contribution >= 0.6 is 0 Å². The first-order chi connectivity index (χ1) is 12.8. The Balaban J connectivity index is 2.55. The van der Waals surface area contributed by atoms with Gasteiger partial charge in [-0.1, -0.05) is 43.7 Å². The molecule has 1 aromatic carbocycles. The Morgan fingerprint density at radius 1 is 1.22 bits per heavy atom. The van der Waals surface area contributed by atoms with E-state index in [9.17, 15) is 9.59 Å². The van der Waals surface area contributed by atoms with Gasteiger partial charge >= 0.3 is 0 Å². The van der Waals surface area contributed by atoms with E-state index in [0.717, 1.165) is 23.5 Å². The van der Waals surface area contributed by atoms with Crippen LogP contribution in [0, 0.1) is 6.92 Å². The van der Waals surface area contributed by atoms with Crippen molar-refractivity contribution in [3.8, 4) is 0 Å². The topological polar surface area (TPSA) is 58.4 Å². The van der Waals surface area contributed by atoms with E-state index in [2.05, 4.69) is 49.6 Å². The molecule has 0 saturated carbocycles. The fraction of sp³-hybridized carbons (Fsp3) is 0.476. The second-order valence-electron chi connectivity index (χ2n) is 7.27. The summed E-state index contributed by atoms with van der Waals surface area (Å²) < 4.78 is 2.09. The summed E-state index contributed by atoms with van der Waals surface area (Å²) >= 11 is 0. The summed E-state index contributed by atoms with van der Waals surface area (Å²) in [7, 11) is 3.46. The highest BCUT2D eigenvalue weighted by atomic mass is 16.2. The second kappa shape index (κ2) is 8.84. The van der Waals surface area contributed by atoms with Crippen molar-refractivity contribution in [3.05, 3.63) is 46.9 Å². The van der Waals surface area contributed by atoms with Crippen molar-refractivity contribution in [1.82, 2.24) is 14.5 Å². The highest BCUT2D eigenvalue weighted by Gasteiger charge is 2.24. The molecule has 0 aliphatic heterocycles. The molecule has 1 aromatic heterocycles. The number of likely N-dealkylation sites (N-methyl/N-ethyl adjacent to an activating group) is 1. The first-order valence-corrected chi connectivity index (χ1v) is 9.35. The van der Waals surface area contributed by atoms with Crippen LogP contribution in [0.2, 0.25) is 0 Å². The number of aryl methyl sites for hydroxylation is 1. The Kier molecular flexibility index (Phi) is 6.77. The molecule has 146 valence electrons. The minimum atomic E-state index is 0.0124. The molecule has 2 rings (SSSR count). The number of imidazole rings is 1. The van der Waals surface area contributed by atoms with Crippen LogP contribution in [0.15, 0.2) is 24.3 Å². The maximum absolute atomic E-state index is 12.6. The molecule has 2 amide bonds. The van der Waals surface area contributed by atoms with Crippen molar-refractivity contribution in [2.75, 3.05) is 25.5 Å². The van der Waals surface area contributed by atoms with Crippen molar-refractivity contribution in [2.24, 2.45) is 0 Å². The number of nitrogens with zero attached hydrogens (tertiary/aromatic N) is 4. The predicted octanol–water partition coefficient (Wildman–Crippen LogP) is 2.98. The molecule has 0 bridgehead atoms. The quantitative estimate of drug-likeness (QED) is 0.671. The molecule has 0 aliphatic carbocycles. The maximum Gasteiger partial charge on any atom is 0.228 e. The normalized spacial score (nSPS) is 10.9. The van der Waals surface area contributed by atoms with Gasteiger partial charge in [-0.3, -0.25) is 9.59 Å². The van der Waals surface area contributed by atoms with Gasteiger partial charge in [-0.15, -0.1) is 0 Å². The lowest BCUT2D eigenvalue weighted by Gasteiger charge is -2.19. The van der Waals surface area contributed by atoms with Crippen molar-refractivity contribution >= 4 is 18.1 Å². The van der Waals surface area contributed by atoms with Crippen LogP contribution < -0.4 is 4.90 Å². The Morgan fingerprint density at radius 3 is 2.37 bits per heavy atom. The Morgan fingerprint density at radius 2 is 1.85 bits per heavy atom. The third-order valence-electron chi connectivity index (χ3n) is 4.77. The van der Waals surface area contributed by atoms with Gasteiger partial charge in [-0.25, -0.2) is 4.98 Å². The molecule has 27 heavy (non-hydrogen) atoms. The van der Waals surface area contributed by atoms with Gasteiger partial charge in [0, 0.05) is 33.1 Å². The van der Waals surface area contributed by atoms with E-state index in [1.807, 2.05) is 6.92 Å². The molecule has 0 fully saturated rings. The van der Waals surface area contributed by atoms with Gasteiger partial charge in [0.2, 0.25) is 12.3 Å². The molecule has 0 radical (unpaired) electrons. The summed E-state index contributed by atoms with van der Waals surface area (Å²) in [6, 6.07) is 8.34. The molecule has 1 heterocycles. The van der Waals surface area contributed by atoms with Gasteiger partial charge in [-0.05, 0) is 19.4 Å². The lowest BCUT2D eigenvalue weighted by Crippen LogP contribution is -2.29. The van der Waals surface area contributed by atoms with E-state index >= 15 is 0 Å². The van der Waals surface area contributed by atoms with Crippen molar-refractivity contribution < 1.29 is 9.59 Å². The fourth-order valence-electron chi connectivity index (χ4n) is 2.95. The maximum atomic E-state index is 12.6. The number of benzene rings is 1. The zero-order chi connectivity index (χ0) is 20.1. The van der Waals surface area contributed by atoms with Crippen LogP contribution in [-0.2, 0) is 22.6 Å². The molecule has 6 heteroatoms. The van der Waals surface area contributed by atoms with Crippen LogP contribution in [0.3, 0.4) is 0 Å². The van der Waals surface area contributed by atoms with E-state index < -0.39 is 0 Å². The molecule has 0 unspecified atom stereocenters. The third kappa shape index (κ3) is 4.76. The van der Waals surface area contributed by atoms with E-state index in [1.165, 1.54) is 10.5 Å². The Labute approximate surface area is 161 Å². The van der Waals surface area contributed by atoms with E-state index in [0.29, 0.717) is 18.9 Å². The number of carbonyl (C=O) groups is 2. The van der Waals surface area contributed by atoms with Crippen LogP contribution in [0.4, 0.5) is 5.82 Å². The number of anilines is 1. The third-order valence-corrected chi connectivity index (χ3v) is 4.77. The van der Waals surface area contributed by atoms with E-state index in [4.69, 9.17) is 4.98 Å². The molecule has 0 saturated heterocycles. The number of hydrogen-bond acceptors (Lipinski definition) is 3. The summed E-state index contributed by atoms with van der Waals surface area (Å²) in [4.78, 5) is 31.9. The number of rotatable bonds is 8.